The maximum absolute atomic E-state index is 12.8. The zero-order valence-electron chi connectivity index (χ0n) is 36.7. The lowest BCUT2D eigenvalue weighted by Crippen LogP contribution is -2.40. The van der Waals surface area contributed by atoms with E-state index in [0.717, 1.165) is 83.5 Å². The molecule has 0 heterocycles. The van der Waals surface area contributed by atoms with E-state index in [1.165, 1.54) is 116 Å². The largest absolute Gasteiger partial charge is 0.480 e. The van der Waals surface area contributed by atoms with Gasteiger partial charge in [-0.2, -0.15) is 0 Å². The topological polar surface area (TPSA) is 119 Å². The first kappa shape index (κ1) is 53.6. The van der Waals surface area contributed by atoms with E-state index < -0.39 is 12.0 Å². The Kier molecular flexibility index (Phi) is 41.8. The van der Waals surface area contributed by atoms with Crippen molar-refractivity contribution in [3.8, 4) is 0 Å². The number of carbonyl (C=O) groups excluding carboxylic acids is 2. The number of aliphatic carboxylic acids is 1. The molecule has 2 unspecified atom stereocenters. The van der Waals surface area contributed by atoms with Crippen LogP contribution in [0, 0.1) is 0 Å². The quantitative estimate of drug-likeness (QED) is 0.0322. The normalized spacial score (nSPS) is 12.9. The lowest BCUT2D eigenvalue weighted by molar-refractivity contribution is -0.150. The number of carboxylic acids is 1. The second-order valence-corrected chi connectivity index (χ2v) is 16.2. The fraction of sp³-hybridized carbons (Fsp3) is 0.816. The van der Waals surface area contributed by atoms with Gasteiger partial charge in [-0.1, -0.05) is 159 Å². The van der Waals surface area contributed by atoms with Crippen molar-refractivity contribution in [2.24, 2.45) is 5.73 Å². The first-order valence-corrected chi connectivity index (χ1v) is 23.8. The number of esters is 1. The molecule has 2 atom stereocenters. The summed E-state index contributed by atoms with van der Waals surface area (Å²) in [5.41, 5.74) is 5.49. The van der Waals surface area contributed by atoms with Gasteiger partial charge in [0.15, 0.2) is 0 Å². The molecule has 0 aliphatic rings. The van der Waals surface area contributed by atoms with Gasteiger partial charge in [0.05, 0.1) is 0 Å². The first-order valence-electron chi connectivity index (χ1n) is 23.8. The second kappa shape index (κ2) is 43.7. The van der Waals surface area contributed by atoms with Crippen LogP contribution in [-0.2, 0) is 19.1 Å². The molecule has 0 aromatic rings. The molecule has 56 heavy (non-hydrogen) atoms. The molecule has 7 nitrogen and oxygen atoms in total. The second-order valence-electron chi connectivity index (χ2n) is 16.2. The van der Waals surface area contributed by atoms with Gasteiger partial charge in [-0.15, -0.1) is 0 Å². The molecule has 0 aliphatic heterocycles. The Balaban J connectivity index is 4.34. The number of allylic oxidation sites excluding steroid dienone is 6. The van der Waals surface area contributed by atoms with Crippen LogP contribution in [0.2, 0.25) is 0 Å². The van der Waals surface area contributed by atoms with Crippen LogP contribution in [0.15, 0.2) is 36.5 Å². The van der Waals surface area contributed by atoms with E-state index in [0.29, 0.717) is 32.2 Å². The summed E-state index contributed by atoms with van der Waals surface area (Å²) in [6, 6.07) is -0.860. The molecule has 0 aliphatic carbocycles. The molecule has 1 amide bonds. The highest BCUT2D eigenvalue weighted by molar-refractivity contribution is 5.83. The number of hydrogen-bond donors (Lipinski definition) is 3. The maximum Gasteiger partial charge on any atom is 0.326 e. The maximum atomic E-state index is 12.8. The first-order chi connectivity index (χ1) is 27.4. The van der Waals surface area contributed by atoms with Crippen LogP contribution in [-0.4, -0.2) is 41.6 Å². The van der Waals surface area contributed by atoms with E-state index in [-0.39, 0.29) is 18.0 Å². The number of nitrogens with one attached hydrogen (secondary N) is 1. The Morgan fingerprint density at radius 3 is 1.50 bits per heavy atom. The van der Waals surface area contributed by atoms with Crippen LogP contribution in [0.1, 0.15) is 239 Å². The van der Waals surface area contributed by atoms with Gasteiger partial charge in [-0.3, -0.25) is 9.59 Å². The van der Waals surface area contributed by atoms with Gasteiger partial charge in [0.1, 0.15) is 12.1 Å². The number of unbranched alkanes of at least 4 members (excludes halogenated alkanes) is 23. The van der Waals surface area contributed by atoms with Crippen molar-refractivity contribution in [2.75, 3.05) is 6.54 Å². The van der Waals surface area contributed by atoms with Crippen molar-refractivity contribution in [3.63, 3.8) is 0 Å². The molecular weight excluding hydrogens is 697 g/mol. The minimum Gasteiger partial charge on any atom is -0.480 e. The minimum absolute atomic E-state index is 0.0216. The average Bonchev–Trinajstić information content (AvgIpc) is 3.18. The summed E-state index contributed by atoms with van der Waals surface area (Å²) >= 11 is 0. The molecule has 0 saturated heterocycles. The molecule has 0 fully saturated rings. The van der Waals surface area contributed by atoms with Gasteiger partial charge in [-0.25, -0.2) is 4.79 Å². The number of nitrogens with two attached hydrogens (primary N) is 1. The number of rotatable bonds is 43. The third-order valence-corrected chi connectivity index (χ3v) is 10.7. The van der Waals surface area contributed by atoms with Crippen molar-refractivity contribution in [1.29, 1.82) is 0 Å². The van der Waals surface area contributed by atoms with Gasteiger partial charge >= 0.3 is 11.9 Å². The highest BCUT2D eigenvalue weighted by Gasteiger charge is 2.19. The molecule has 0 aromatic carbocycles. The molecule has 0 spiro atoms. The van der Waals surface area contributed by atoms with E-state index in [1.807, 2.05) is 0 Å². The van der Waals surface area contributed by atoms with E-state index >= 15 is 0 Å². The van der Waals surface area contributed by atoms with Gasteiger partial charge < -0.3 is 20.9 Å². The Labute approximate surface area is 345 Å². The molecule has 4 N–H and O–H groups in total. The summed E-state index contributed by atoms with van der Waals surface area (Å²) in [5, 5.41) is 12.0. The highest BCUT2D eigenvalue weighted by Crippen LogP contribution is 2.18. The van der Waals surface area contributed by atoms with Crippen molar-refractivity contribution in [3.05, 3.63) is 36.5 Å². The molecule has 7 heteroatoms. The third kappa shape index (κ3) is 39.8. The molecule has 0 rings (SSSR count). The molecule has 0 aromatic heterocycles. The smallest absolute Gasteiger partial charge is 0.326 e. The van der Waals surface area contributed by atoms with Crippen LogP contribution in [0.5, 0.6) is 0 Å². The molecule has 0 radical (unpaired) electrons. The predicted octanol–water partition coefficient (Wildman–Crippen LogP) is 13.8. The van der Waals surface area contributed by atoms with Gasteiger partial charge in [0, 0.05) is 12.8 Å². The standard InChI is InChI=1S/C49H90N2O5/c1-3-5-7-9-11-13-15-17-18-19-20-22-24-26-28-33-37-43-48(53)56-45(39-34-30-27-25-23-21-16-14-12-10-8-6-4-2)40-35-31-29-32-36-42-47(52)51-46(49(54)55)41-38-44-50/h11,13,17-18,25,27,45-46H,3-10,12,14-16,19-24,26,28-44,50H2,1-2H3,(H,51,52)(H,54,55)/b13-11-,18-17-,27-25-. The van der Waals surface area contributed by atoms with Crippen molar-refractivity contribution in [1.82, 2.24) is 5.32 Å². The Morgan fingerprint density at radius 1 is 0.518 bits per heavy atom. The SMILES string of the molecule is CCCCC/C=C\C/C=C\CCCCCCCCCC(=O)OC(CCC/C=C\CCCCCCCCCC)CCCCCCCC(=O)NC(CCCN)C(=O)O. The summed E-state index contributed by atoms with van der Waals surface area (Å²) in [4.78, 5) is 36.5. The zero-order chi connectivity index (χ0) is 41.0. The van der Waals surface area contributed by atoms with Crippen LogP contribution in [0.3, 0.4) is 0 Å². The zero-order valence-corrected chi connectivity index (χ0v) is 36.7. The Bertz CT molecular complexity index is 978. The van der Waals surface area contributed by atoms with Crippen molar-refractivity contribution in [2.45, 2.75) is 251 Å². The molecule has 0 saturated carbocycles. The average molecular weight is 787 g/mol. The predicted molar refractivity (Wildman–Crippen MR) is 239 cm³/mol. The number of amides is 1. The Hall–Kier alpha value is -2.41. The van der Waals surface area contributed by atoms with E-state index in [2.05, 4.69) is 55.6 Å². The number of carbonyl (C=O) groups is 3. The fourth-order valence-electron chi connectivity index (χ4n) is 7.07. The van der Waals surface area contributed by atoms with Crippen LogP contribution < -0.4 is 11.1 Å². The summed E-state index contributed by atoms with van der Waals surface area (Å²) in [7, 11) is 0. The van der Waals surface area contributed by atoms with E-state index in [1.54, 1.807) is 0 Å². The summed E-state index contributed by atoms with van der Waals surface area (Å²) in [6.07, 6.45) is 51.9. The monoisotopic (exact) mass is 787 g/mol. The Morgan fingerprint density at radius 2 is 0.946 bits per heavy atom. The molecular formula is C49H90N2O5. The van der Waals surface area contributed by atoms with Crippen LogP contribution >= 0.6 is 0 Å². The number of ether oxygens (including phenoxy) is 1. The van der Waals surface area contributed by atoms with E-state index in [4.69, 9.17) is 10.5 Å². The lowest BCUT2D eigenvalue weighted by Gasteiger charge is -2.18. The van der Waals surface area contributed by atoms with Crippen LogP contribution in [0.4, 0.5) is 0 Å². The van der Waals surface area contributed by atoms with Gasteiger partial charge in [0.25, 0.3) is 0 Å². The summed E-state index contributed by atoms with van der Waals surface area (Å²) in [5.74, 6) is -1.25. The van der Waals surface area contributed by atoms with Crippen molar-refractivity contribution < 1.29 is 24.2 Å². The lowest BCUT2D eigenvalue weighted by atomic mass is 10.0. The summed E-state index contributed by atoms with van der Waals surface area (Å²) in [6.45, 7) is 4.93. The van der Waals surface area contributed by atoms with E-state index in [9.17, 15) is 19.5 Å². The fourth-order valence-corrected chi connectivity index (χ4v) is 7.07. The molecule has 326 valence electrons. The minimum atomic E-state index is -1.01. The van der Waals surface area contributed by atoms with Gasteiger partial charge in [-0.05, 0) is 109 Å². The highest BCUT2D eigenvalue weighted by atomic mass is 16.5. The van der Waals surface area contributed by atoms with Crippen LogP contribution in [0.25, 0.3) is 0 Å². The summed E-state index contributed by atoms with van der Waals surface area (Å²) < 4.78 is 6.05. The molecule has 0 bridgehead atoms. The number of carboxylic acid groups (broad SMARTS) is 1. The van der Waals surface area contributed by atoms with Gasteiger partial charge in [0.2, 0.25) is 5.91 Å². The van der Waals surface area contributed by atoms with Crippen molar-refractivity contribution >= 4 is 17.8 Å². The number of hydrogen-bond acceptors (Lipinski definition) is 5. The third-order valence-electron chi connectivity index (χ3n) is 10.7.